The van der Waals surface area contributed by atoms with E-state index >= 15 is 0 Å². The number of carbonyl (C=O) groups is 1. The lowest BCUT2D eigenvalue weighted by Gasteiger charge is -2.20. The number of nitrogens with zero attached hydrogens (tertiary/aromatic N) is 4. The fourth-order valence-corrected chi connectivity index (χ4v) is 4.74. The van der Waals surface area contributed by atoms with Crippen LogP contribution < -0.4 is 14.2 Å². The van der Waals surface area contributed by atoms with Crippen LogP contribution in [0, 0.1) is 12.7 Å². The van der Waals surface area contributed by atoms with Crippen molar-refractivity contribution in [2.45, 2.75) is 45.1 Å². The first kappa shape index (κ1) is 25.6. The molecule has 2 aromatic carbocycles. The van der Waals surface area contributed by atoms with Crippen molar-refractivity contribution in [3.05, 3.63) is 59.7 Å². The molecule has 1 amide bonds. The molecule has 0 bridgehead atoms. The Morgan fingerprint density at radius 2 is 1.79 bits per heavy atom. The van der Waals surface area contributed by atoms with Gasteiger partial charge in [-0.3, -0.25) is 9.79 Å². The van der Waals surface area contributed by atoms with Crippen LogP contribution >= 0.6 is 0 Å². The van der Waals surface area contributed by atoms with Crippen molar-refractivity contribution in [1.29, 1.82) is 0 Å². The molecule has 38 heavy (non-hydrogen) atoms. The van der Waals surface area contributed by atoms with Crippen LogP contribution in [0.15, 0.2) is 47.5 Å². The summed E-state index contributed by atoms with van der Waals surface area (Å²) in [5, 5.41) is 0. The number of carbonyl (C=O) groups excluding carboxylic acids is 1. The van der Waals surface area contributed by atoms with E-state index in [1.807, 2.05) is 11.1 Å². The number of benzene rings is 2. The maximum absolute atomic E-state index is 13.2. The number of fused-ring (bicyclic) bond motifs is 2. The van der Waals surface area contributed by atoms with E-state index in [2.05, 4.69) is 15.0 Å². The normalized spacial score (nSPS) is 16.1. The minimum Gasteiger partial charge on any atom is -0.493 e. The van der Waals surface area contributed by atoms with Crippen LogP contribution in [0.3, 0.4) is 0 Å². The molecule has 3 aromatic rings. The number of ether oxygens (including phenoxy) is 3. The number of aromatic nitrogens is 2. The van der Waals surface area contributed by atoms with Gasteiger partial charge in [0.1, 0.15) is 11.6 Å². The van der Waals surface area contributed by atoms with Crippen LogP contribution in [-0.4, -0.2) is 59.9 Å². The Labute approximate surface area is 221 Å². The van der Waals surface area contributed by atoms with Gasteiger partial charge in [0.15, 0.2) is 11.5 Å². The molecular formula is C29H31FN4O4. The van der Waals surface area contributed by atoms with E-state index < -0.39 is 0 Å². The summed E-state index contributed by atoms with van der Waals surface area (Å²) in [5.74, 6) is 1.91. The fraction of sp³-hybridized carbons (Fsp3) is 0.379. The van der Waals surface area contributed by atoms with Crippen molar-refractivity contribution in [3.8, 4) is 28.6 Å². The van der Waals surface area contributed by atoms with Gasteiger partial charge in [0.05, 0.1) is 43.3 Å². The highest BCUT2D eigenvalue weighted by atomic mass is 19.1. The van der Waals surface area contributed by atoms with Gasteiger partial charge in [0, 0.05) is 30.5 Å². The minimum absolute atomic E-state index is 0.00600. The van der Waals surface area contributed by atoms with Crippen molar-refractivity contribution in [2.75, 3.05) is 26.9 Å². The van der Waals surface area contributed by atoms with Gasteiger partial charge < -0.3 is 19.1 Å². The Morgan fingerprint density at radius 3 is 2.58 bits per heavy atom. The lowest BCUT2D eigenvalue weighted by molar-refractivity contribution is 0.0774. The average molecular weight is 519 g/mol. The van der Waals surface area contributed by atoms with E-state index in [-0.39, 0.29) is 17.8 Å². The van der Waals surface area contributed by atoms with Crippen LogP contribution in [0.5, 0.6) is 17.4 Å². The molecule has 8 nitrogen and oxygen atoms in total. The standard InChI is InChI=1S/C29H31FN4O4/c1-19-32-24(20-8-10-21(30)11-9-20)17-28(33-19)38-14-5-3-4-13-37-27-16-25-23(15-26(27)36-2)29(35)34-12-6-7-22(34)18-31-25/h8-11,15-18,22H,3-7,12-14H2,1-2H3. The average Bonchev–Trinajstić information content (AvgIpc) is 3.35. The number of hydrogen-bond acceptors (Lipinski definition) is 7. The van der Waals surface area contributed by atoms with E-state index in [4.69, 9.17) is 14.2 Å². The smallest absolute Gasteiger partial charge is 0.256 e. The first-order valence-corrected chi connectivity index (χ1v) is 13.0. The van der Waals surface area contributed by atoms with Crippen molar-refractivity contribution in [2.24, 2.45) is 4.99 Å². The molecule has 0 radical (unpaired) electrons. The number of aryl methyl sites for hydroxylation is 1. The van der Waals surface area contributed by atoms with Gasteiger partial charge in [0.25, 0.3) is 5.91 Å². The van der Waals surface area contributed by atoms with E-state index in [1.165, 1.54) is 12.1 Å². The zero-order valence-corrected chi connectivity index (χ0v) is 21.7. The number of aliphatic imine (C=N–C) groups is 1. The van der Waals surface area contributed by atoms with Gasteiger partial charge in [-0.25, -0.2) is 9.37 Å². The predicted molar refractivity (Wildman–Crippen MR) is 142 cm³/mol. The minimum atomic E-state index is -0.288. The van der Waals surface area contributed by atoms with E-state index in [0.29, 0.717) is 53.4 Å². The molecule has 0 saturated carbocycles. The molecule has 0 N–H and O–H groups in total. The number of methoxy groups -OCH3 is 1. The molecule has 1 atom stereocenters. The third-order valence-electron chi connectivity index (χ3n) is 6.71. The molecule has 2 aliphatic heterocycles. The second kappa shape index (κ2) is 11.6. The third kappa shape index (κ3) is 5.77. The Morgan fingerprint density at radius 1 is 1.00 bits per heavy atom. The molecule has 1 unspecified atom stereocenters. The summed E-state index contributed by atoms with van der Waals surface area (Å²) >= 11 is 0. The Kier molecular flexibility index (Phi) is 7.81. The Bertz CT molecular complexity index is 1330. The molecule has 0 aliphatic carbocycles. The predicted octanol–water partition coefficient (Wildman–Crippen LogP) is 5.55. The maximum atomic E-state index is 13.2. The van der Waals surface area contributed by atoms with Crippen LogP contribution in [-0.2, 0) is 0 Å². The summed E-state index contributed by atoms with van der Waals surface area (Å²) < 4.78 is 30.6. The summed E-state index contributed by atoms with van der Waals surface area (Å²) in [4.78, 5) is 28.2. The van der Waals surface area contributed by atoms with Crippen LogP contribution in [0.1, 0.15) is 48.3 Å². The monoisotopic (exact) mass is 518 g/mol. The highest BCUT2D eigenvalue weighted by Crippen LogP contribution is 2.38. The lowest BCUT2D eigenvalue weighted by Crippen LogP contribution is -2.35. The van der Waals surface area contributed by atoms with Gasteiger partial charge in [-0.1, -0.05) is 0 Å². The SMILES string of the molecule is COc1cc2c(cc1OCCCCCOc1cc(-c3ccc(F)cc3)nc(C)n1)N=CC1CCCN1C2=O. The molecule has 1 fully saturated rings. The molecule has 2 aliphatic rings. The summed E-state index contributed by atoms with van der Waals surface area (Å²) in [7, 11) is 1.57. The van der Waals surface area contributed by atoms with E-state index in [0.717, 1.165) is 44.2 Å². The van der Waals surface area contributed by atoms with Crippen molar-refractivity contribution in [1.82, 2.24) is 14.9 Å². The first-order chi connectivity index (χ1) is 18.5. The second-order valence-corrected chi connectivity index (χ2v) is 9.41. The van der Waals surface area contributed by atoms with Crippen LogP contribution in [0.2, 0.25) is 0 Å². The van der Waals surface area contributed by atoms with Gasteiger partial charge in [0.2, 0.25) is 5.88 Å². The Balaban J connectivity index is 1.11. The third-order valence-corrected chi connectivity index (χ3v) is 6.71. The van der Waals surface area contributed by atoms with Gasteiger partial charge in [-0.15, -0.1) is 0 Å². The number of unbranched alkanes of at least 4 members (excludes halogenated alkanes) is 2. The molecule has 9 heteroatoms. The summed E-state index contributed by atoms with van der Waals surface area (Å²) in [6.45, 7) is 3.57. The quantitative estimate of drug-likeness (QED) is 0.327. The molecule has 3 heterocycles. The molecule has 198 valence electrons. The zero-order chi connectivity index (χ0) is 26.5. The molecule has 1 aromatic heterocycles. The van der Waals surface area contributed by atoms with Crippen LogP contribution in [0.4, 0.5) is 10.1 Å². The van der Waals surface area contributed by atoms with Crippen molar-refractivity contribution >= 4 is 17.8 Å². The van der Waals surface area contributed by atoms with E-state index in [9.17, 15) is 9.18 Å². The lowest BCUT2D eigenvalue weighted by atomic mass is 10.1. The number of halogens is 1. The molecule has 1 saturated heterocycles. The number of hydrogen-bond donors (Lipinski definition) is 0. The highest BCUT2D eigenvalue weighted by Gasteiger charge is 2.32. The first-order valence-electron chi connectivity index (χ1n) is 13.0. The van der Waals surface area contributed by atoms with E-state index in [1.54, 1.807) is 44.4 Å². The fourth-order valence-electron chi connectivity index (χ4n) is 4.74. The summed E-state index contributed by atoms with van der Waals surface area (Å²) in [6, 6.07) is 11.6. The number of rotatable bonds is 10. The van der Waals surface area contributed by atoms with Crippen molar-refractivity contribution in [3.63, 3.8) is 0 Å². The zero-order valence-electron chi connectivity index (χ0n) is 21.7. The van der Waals surface area contributed by atoms with Gasteiger partial charge in [-0.05, 0) is 69.4 Å². The molecule has 5 rings (SSSR count). The number of amides is 1. The highest BCUT2D eigenvalue weighted by molar-refractivity contribution is 6.03. The largest absolute Gasteiger partial charge is 0.493 e. The maximum Gasteiger partial charge on any atom is 0.256 e. The Hall–Kier alpha value is -4.01. The van der Waals surface area contributed by atoms with Crippen molar-refractivity contribution < 1.29 is 23.4 Å². The molecular weight excluding hydrogens is 487 g/mol. The van der Waals surface area contributed by atoms with Gasteiger partial charge in [-0.2, -0.15) is 4.98 Å². The summed E-state index contributed by atoms with van der Waals surface area (Å²) in [5.41, 5.74) is 2.67. The molecule has 0 spiro atoms. The second-order valence-electron chi connectivity index (χ2n) is 9.41. The van der Waals surface area contributed by atoms with Gasteiger partial charge >= 0.3 is 0 Å². The summed E-state index contributed by atoms with van der Waals surface area (Å²) in [6.07, 6.45) is 6.36. The van der Waals surface area contributed by atoms with Crippen LogP contribution in [0.25, 0.3) is 11.3 Å². The topological polar surface area (TPSA) is 86.1 Å².